The predicted molar refractivity (Wildman–Crippen MR) is 85.4 cm³/mol. The Bertz CT molecular complexity index is 595. The molecule has 1 aromatic rings. The van der Waals surface area contributed by atoms with E-state index in [1.54, 1.807) is 6.08 Å². The molecule has 1 heterocycles. The van der Waals surface area contributed by atoms with Crippen molar-refractivity contribution < 1.29 is 14.3 Å². The van der Waals surface area contributed by atoms with Crippen LogP contribution in [0.15, 0.2) is 53.6 Å². The minimum atomic E-state index is -0.597. The van der Waals surface area contributed by atoms with Crippen LogP contribution < -0.4 is 0 Å². The molecule has 0 aromatic heterocycles. The van der Waals surface area contributed by atoms with E-state index < -0.39 is 6.09 Å². The SMILES string of the molecule is C/C(=C\Cl)CC/C=C/C(=O)N1C(=O)OC[C@@H]1c1ccccc1. The van der Waals surface area contributed by atoms with E-state index in [9.17, 15) is 9.59 Å². The van der Waals surface area contributed by atoms with Gasteiger partial charge in [0.1, 0.15) is 12.6 Å². The number of hydrogen-bond acceptors (Lipinski definition) is 3. The molecule has 1 atom stereocenters. The normalized spacial score (nSPS) is 18.8. The van der Waals surface area contributed by atoms with Gasteiger partial charge >= 0.3 is 6.09 Å². The van der Waals surface area contributed by atoms with Gasteiger partial charge in [0.15, 0.2) is 0 Å². The molecule has 2 amide bonds. The molecule has 0 radical (unpaired) electrons. The fourth-order valence-electron chi connectivity index (χ4n) is 2.22. The maximum atomic E-state index is 12.3. The van der Waals surface area contributed by atoms with E-state index in [0.29, 0.717) is 6.42 Å². The summed E-state index contributed by atoms with van der Waals surface area (Å²) in [5.74, 6) is -0.358. The number of ether oxygens (including phenoxy) is 1. The van der Waals surface area contributed by atoms with Gasteiger partial charge in [-0.15, -0.1) is 0 Å². The van der Waals surface area contributed by atoms with E-state index in [-0.39, 0.29) is 18.6 Å². The molecule has 5 heteroatoms. The third-order valence-electron chi connectivity index (χ3n) is 3.45. The summed E-state index contributed by atoms with van der Waals surface area (Å²) in [6.45, 7) is 2.11. The number of benzene rings is 1. The molecular formula is C17H18ClNO3. The molecule has 22 heavy (non-hydrogen) atoms. The summed E-state index contributed by atoms with van der Waals surface area (Å²) >= 11 is 5.58. The molecule has 0 bridgehead atoms. The van der Waals surface area contributed by atoms with Crippen LogP contribution in [0.5, 0.6) is 0 Å². The molecule has 1 aromatic carbocycles. The Labute approximate surface area is 135 Å². The zero-order valence-corrected chi connectivity index (χ0v) is 13.1. The third-order valence-corrected chi connectivity index (χ3v) is 3.82. The predicted octanol–water partition coefficient (Wildman–Crippen LogP) is 4.19. The van der Waals surface area contributed by atoms with Crippen molar-refractivity contribution in [2.75, 3.05) is 6.61 Å². The molecule has 1 fully saturated rings. The number of nitrogens with zero attached hydrogens (tertiary/aromatic N) is 1. The summed E-state index contributed by atoms with van der Waals surface area (Å²) in [7, 11) is 0. The van der Waals surface area contributed by atoms with Crippen molar-refractivity contribution in [3.8, 4) is 0 Å². The molecule has 0 aliphatic carbocycles. The zero-order chi connectivity index (χ0) is 15.9. The molecule has 0 saturated carbocycles. The smallest absolute Gasteiger partial charge is 0.417 e. The van der Waals surface area contributed by atoms with Gasteiger partial charge in [-0.05, 0) is 31.4 Å². The molecule has 1 aliphatic heterocycles. The number of carbonyl (C=O) groups excluding carboxylic acids is 2. The summed E-state index contributed by atoms with van der Waals surface area (Å²) in [4.78, 5) is 25.2. The third kappa shape index (κ3) is 3.98. The van der Waals surface area contributed by atoms with Gasteiger partial charge in [-0.25, -0.2) is 9.69 Å². The molecule has 0 unspecified atom stereocenters. The highest BCUT2D eigenvalue weighted by Gasteiger charge is 2.37. The Morgan fingerprint density at radius 1 is 1.41 bits per heavy atom. The van der Waals surface area contributed by atoms with E-state index >= 15 is 0 Å². The van der Waals surface area contributed by atoms with Crippen molar-refractivity contribution in [1.29, 1.82) is 0 Å². The molecule has 2 rings (SSSR count). The van der Waals surface area contributed by atoms with Crippen molar-refractivity contribution in [1.82, 2.24) is 4.90 Å². The first kappa shape index (κ1) is 16.3. The highest BCUT2D eigenvalue weighted by molar-refractivity contribution is 6.25. The maximum Gasteiger partial charge on any atom is 0.417 e. The summed E-state index contributed by atoms with van der Waals surface area (Å²) in [5.41, 5.74) is 3.45. The average molecular weight is 320 g/mol. The summed E-state index contributed by atoms with van der Waals surface area (Å²) in [5, 5.41) is 0. The average Bonchev–Trinajstić information content (AvgIpc) is 2.93. The number of rotatable bonds is 5. The van der Waals surface area contributed by atoms with E-state index in [1.165, 1.54) is 11.6 Å². The van der Waals surface area contributed by atoms with Crippen LogP contribution in [0.2, 0.25) is 0 Å². The van der Waals surface area contributed by atoms with Gasteiger partial charge in [0.25, 0.3) is 5.91 Å². The van der Waals surface area contributed by atoms with Crippen LogP contribution in [0.4, 0.5) is 4.79 Å². The first-order valence-corrected chi connectivity index (χ1v) is 7.54. The highest BCUT2D eigenvalue weighted by atomic mass is 35.5. The minimum absolute atomic E-state index is 0.191. The van der Waals surface area contributed by atoms with E-state index in [4.69, 9.17) is 16.3 Å². The number of carbonyl (C=O) groups is 2. The van der Waals surface area contributed by atoms with E-state index in [0.717, 1.165) is 22.5 Å². The lowest BCUT2D eigenvalue weighted by Gasteiger charge is -2.18. The Morgan fingerprint density at radius 3 is 2.82 bits per heavy atom. The van der Waals surface area contributed by atoms with Gasteiger partial charge < -0.3 is 4.74 Å². The molecule has 1 aliphatic rings. The lowest BCUT2D eigenvalue weighted by atomic mass is 10.1. The number of allylic oxidation sites excluding steroid dienone is 2. The topological polar surface area (TPSA) is 46.6 Å². The molecule has 0 spiro atoms. The van der Waals surface area contributed by atoms with Gasteiger partial charge in [0, 0.05) is 5.54 Å². The Kier molecular flexibility index (Phi) is 5.78. The second-order valence-corrected chi connectivity index (χ2v) is 5.33. The van der Waals surface area contributed by atoms with Gasteiger partial charge in [0.05, 0.1) is 0 Å². The van der Waals surface area contributed by atoms with Crippen molar-refractivity contribution >= 4 is 23.6 Å². The first-order chi connectivity index (χ1) is 10.6. The van der Waals surface area contributed by atoms with Crippen LogP contribution in [-0.2, 0) is 9.53 Å². The van der Waals surface area contributed by atoms with Crippen molar-refractivity contribution in [2.24, 2.45) is 0 Å². The van der Waals surface area contributed by atoms with Crippen LogP contribution >= 0.6 is 11.6 Å². The zero-order valence-electron chi connectivity index (χ0n) is 12.4. The molecule has 116 valence electrons. The number of halogens is 1. The maximum absolute atomic E-state index is 12.3. The molecule has 0 N–H and O–H groups in total. The van der Waals surface area contributed by atoms with Crippen LogP contribution in [0, 0.1) is 0 Å². The van der Waals surface area contributed by atoms with Crippen LogP contribution in [0.25, 0.3) is 0 Å². The molecule has 4 nitrogen and oxygen atoms in total. The Hall–Kier alpha value is -2.07. The second kappa shape index (κ2) is 7.80. The number of cyclic esters (lactones) is 1. The molecular weight excluding hydrogens is 302 g/mol. The van der Waals surface area contributed by atoms with Gasteiger partial charge in [0.2, 0.25) is 0 Å². The number of hydrogen-bond donors (Lipinski definition) is 0. The lowest BCUT2D eigenvalue weighted by molar-refractivity contribution is -0.124. The van der Waals surface area contributed by atoms with Gasteiger partial charge in [-0.1, -0.05) is 53.6 Å². The Morgan fingerprint density at radius 2 is 2.14 bits per heavy atom. The van der Waals surface area contributed by atoms with E-state index in [2.05, 4.69) is 0 Å². The highest BCUT2D eigenvalue weighted by Crippen LogP contribution is 2.27. The standard InChI is InChI=1S/C17H18ClNO3/c1-13(11-18)7-5-6-10-16(20)19-15(12-22-17(19)21)14-8-3-2-4-9-14/h2-4,6,8-11,15H,5,7,12H2,1H3/b10-6+,13-11+/t15-/m1/s1. The minimum Gasteiger partial charge on any atom is -0.446 e. The van der Waals surface area contributed by atoms with Gasteiger partial charge in [-0.3, -0.25) is 4.79 Å². The Balaban J connectivity index is 2.03. The van der Waals surface area contributed by atoms with Crippen molar-refractivity contribution in [2.45, 2.75) is 25.8 Å². The summed E-state index contributed by atoms with van der Waals surface area (Å²) in [6.07, 6.45) is 4.05. The number of imide groups is 1. The monoisotopic (exact) mass is 319 g/mol. The van der Waals surface area contributed by atoms with Gasteiger partial charge in [-0.2, -0.15) is 0 Å². The second-order valence-electron chi connectivity index (χ2n) is 5.11. The van der Waals surface area contributed by atoms with Crippen LogP contribution in [0.3, 0.4) is 0 Å². The van der Waals surface area contributed by atoms with Crippen molar-refractivity contribution in [3.63, 3.8) is 0 Å². The fourth-order valence-corrected chi connectivity index (χ4v) is 2.32. The lowest BCUT2D eigenvalue weighted by Crippen LogP contribution is -2.32. The molecule has 1 saturated heterocycles. The summed E-state index contributed by atoms with van der Waals surface area (Å²) in [6, 6.07) is 9.03. The quantitative estimate of drug-likeness (QED) is 0.765. The largest absolute Gasteiger partial charge is 0.446 e. The summed E-state index contributed by atoms with van der Waals surface area (Å²) < 4.78 is 5.02. The number of amides is 2. The van der Waals surface area contributed by atoms with Crippen molar-refractivity contribution in [3.05, 3.63) is 59.2 Å². The van der Waals surface area contributed by atoms with Crippen LogP contribution in [-0.4, -0.2) is 23.5 Å². The van der Waals surface area contributed by atoms with Crippen LogP contribution in [0.1, 0.15) is 31.4 Å². The van der Waals surface area contributed by atoms with E-state index in [1.807, 2.05) is 37.3 Å². The first-order valence-electron chi connectivity index (χ1n) is 7.10. The fraction of sp³-hybridized carbons (Fsp3) is 0.294.